The van der Waals surface area contributed by atoms with Gasteiger partial charge in [0.25, 0.3) is 0 Å². The average Bonchev–Trinajstić information content (AvgIpc) is 2.64. The molecular formula is C20H22BrNO3. The van der Waals surface area contributed by atoms with Crippen molar-refractivity contribution in [3.05, 3.63) is 64.1 Å². The zero-order valence-electron chi connectivity index (χ0n) is 14.2. The lowest BCUT2D eigenvalue weighted by atomic mass is 9.91. The fraction of sp³-hybridized carbons (Fsp3) is 0.350. The minimum absolute atomic E-state index is 0.00664. The second kappa shape index (κ2) is 8.02. The lowest BCUT2D eigenvalue weighted by Crippen LogP contribution is -2.41. The van der Waals surface area contributed by atoms with Crippen LogP contribution < -0.4 is 4.74 Å². The van der Waals surface area contributed by atoms with E-state index in [-0.39, 0.29) is 12.0 Å². The number of carboxylic acids is 1. The zero-order valence-corrected chi connectivity index (χ0v) is 15.8. The molecule has 0 bridgehead atoms. The van der Waals surface area contributed by atoms with Crippen LogP contribution in [0.15, 0.2) is 53.0 Å². The average molecular weight is 404 g/mol. The number of piperidine rings is 1. The summed E-state index contributed by atoms with van der Waals surface area (Å²) in [5, 5.41) is 9.46. The molecule has 1 fully saturated rings. The number of hydrogen-bond acceptors (Lipinski definition) is 3. The minimum Gasteiger partial charge on any atom is -0.497 e. The van der Waals surface area contributed by atoms with E-state index in [1.807, 2.05) is 36.4 Å². The largest absolute Gasteiger partial charge is 0.497 e. The molecule has 0 amide bonds. The number of hydrogen-bond donors (Lipinski definition) is 1. The van der Waals surface area contributed by atoms with Crippen molar-refractivity contribution in [1.82, 2.24) is 4.90 Å². The molecule has 1 saturated heterocycles. The molecule has 0 radical (unpaired) electrons. The Bertz CT molecular complexity index is 749. The molecule has 0 aromatic heterocycles. The third-order valence-electron chi connectivity index (χ3n) is 4.78. The lowest BCUT2D eigenvalue weighted by Gasteiger charge is -2.38. The van der Waals surface area contributed by atoms with Crippen LogP contribution in [0, 0.1) is 5.92 Å². The van der Waals surface area contributed by atoms with Crippen LogP contribution in [0.2, 0.25) is 0 Å². The lowest BCUT2D eigenvalue weighted by molar-refractivity contribution is -0.143. The van der Waals surface area contributed by atoms with E-state index >= 15 is 0 Å². The van der Waals surface area contributed by atoms with Crippen molar-refractivity contribution in [1.29, 1.82) is 0 Å². The van der Waals surface area contributed by atoms with E-state index in [0.29, 0.717) is 6.54 Å². The first-order valence-corrected chi connectivity index (χ1v) is 9.24. The fourth-order valence-corrected chi connectivity index (χ4v) is 4.04. The molecule has 0 aliphatic carbocycles. The maximum absolute atomic E-state index is 11.5. The molecule has 2 aromatic rings. The van der Waals surface area contributed by atoms with Crippen molar-refractivity contribution in [2.45, 2.75) is 18.9 Å². The van der Waals surface area contributed by atoms with E-state index in [9.17, 15) is 9.90 Å². The van der Waals surface area contributed by atoms with Crippen LogP contribution in [0.5, 0.6) is 5.75 Å². The van der Waals surface area contributed by atoms with Gasteiger partial charge in [-0.25, -0.2) is 0 Å². The number of ether oxygens (including phenoxy) is 1. The van der Waals surface area contributed by atoms with Gasteiger partial charge in [-0.1, -0.05) is 46.3 Å². The number of carbonyl (C=O) groups is 1. The number of nitrogens with zero attached hydrogens (tertiary/aromatic N) is 1. The van der Waals surface area contributed by atoms with E-state index in [1.165, 1.54) is 0 Å². The zero-order chi connectivity index (χ0) is 17.8. The molecular weight excluding hydrogens is 382 g/mol. The van der Waals surface area contributed by atoms with Crippen molar-refractivity contribution < 1.29 is 14.6 Å². The van der Waals surface area contributed by atoms with Crippen molar-refractivity contribution in [2.75, 3.05) is 20.2 Å². The Kier molecular flexibility index (Phi) is 5.76. The maximum Gasteiger partial charge on any atom is 0.307 e. The molecule has 4 nitrogen and oxygen atoms in total. The highest BCUT2D eigenvalue weighted by Gasteiger charge is 2.32. The standard InChI is InChI=1S/C20H22BrNO3/c1-25-16-8-4-6-14(12-16)19(17-9-2-3-10-18(17)21)22-11-5-7-15(13-22)20(23)24/h2-4,6,8-10,12,15,19H,5,7,11,13H2,1H3,(H,23,24). The van der Waals surface area contributed by atoms with E-state index < -0.39 is 5.97 Å². The predicted molar refractivity (Wildman–Crippen MR) is 101 cm³/mol. The molecule has 25 heavy (non-hydrogen) atoms. The number of benzene rings is 2. The van der Waals surface area contributed by atoms with Crippen molar-refractivity contribution in [3.8, 4) is 5.75 Å². The van der Waals surface area contributed by atoms with Crippen LogP contribution in [0.25, 0.3) is 0 Å². The molecule has 2 aromatic carbocycles. The van der Waals surface area contributed by atoms with Gasteiger partial charge in [0.05, 0.1) is 19.1 Å². The van der Waals surface area contributed by atoms with Crippen LogP contribution in [0.1, 0.15) is 30.0 Å². The topological polar surface area (TPSA) is 49.8 Å². The smallest absolute Gasteiger partial charge is 0.307 e. The van der Waals surface area contributed by atoms with E-state index in [2.05, 4.69) is 33.0 Å². The van der Waals surface area contributed by atoms with Gasteiger partial charge in [0.15, 0.2) is 0 Å². The SMILES string of the molecule is COc1cccc(C(c2ccccc2Br)N2CCCC(C(=O)O)C2)c1. The first kappa shape index (κ1) is 18.0. The highest BCUT2D eigenvalue weighted by Crippen LogP contribution is 2.37. The van der Waals surface area contributed by atoms with Gasteiger partial charge in [0.2, 0.25) is 0 Å². The van der Waals surface area contributed by atoms with Gasteiger partial charge in [-0.2, -0.15) is 0 Å². The highest BCUT2D eigenvalue weighted by atomic mass is 79.9. The number of aliphatic carboxylic acids is 1. The second-order valence-electron chi connectivity index (χ2n) is 6.37. The first-order chi connectivity index (χ1) is 12.1. The number of methoxy groups -OCH3 is 1. The fourth-order valence-electron chi connectivity index (χ4n) is 3.54. The second-order valence-corrected chi connectivity index (χ2v) is 7.23. The quantitative estimate of drug-likeness (QED) is 0.806. The highest BCUT2D eigenvalue weighted by molar-refractivity contribution is 9.10. The monoisotopic (exact) mass is 403 g/mol. The predicted octanol–water partition coefficient (Wildman–Crippen LogP) is 4.34. The summed E-state index contributed by atoms with van der Waals surface area (Å²) in [6, 6.07) is 16.2. The molecule has 1 N–H and O–H groups in total. The van der Waals surface area contributed by atoms with Gasteiger partial charge in [0.1, 0.15) is 5.75 Å². The summed E-state index contributed by atoms with van der Waals surface area (Å²) in [5.41, 5.74) is 2.25. The summed E-state index contributed by atoms with van der Waals surface area (Å²) in [5.74, 6) is -0.216. The molecule has 2 atom stereocenters. The number of halogens is 1. The normalized spacial score (nSPS) is 19.4. The number of likely N-dealkylation sites (tertiary alicyclic amines) is 1. The van der Waals surface area contributed by atoms with Crippen LogP contribution in [-0.2, 0) is 4.79 Å². The summed E-state index contributed by atoms with van der Waals surface area (Å²) in [6.45, 7) is 1.44. The molecule has 3 rings (SSSR count). The Balaban J connectivity index is 2.03. The summed E-state index contributed by atoms with van der Waals surface area (Å²) < 4.78 is 6.42. The third kappa shape index (κ3) is 4.05. The number of rotatable bonds is 5. The van der Waals surface area contributed by atoms with Crippen LogP contribution >= 0.6 is 15.9 Å². The Morgan fingerprint density at radius 1 is 1.28 bits per heavy atom. The van der Waals surface area contributed by atoms with Crippen molar-refractivity contribution in [2.24, 2.45) is 5.92 Å². The van der Waals surface area contributed by atoms with Gasteiger partial charge in [0, 0.05) is 11.0 Å². The molecule has 2 unspecified atom stereocenters. The molecule has 1 heterocycles. The van der Waals surface area contributed by atoms with Gasteiger partial charge >= 0.3 is 5.97 Å². The molecule has 0 saturated carbocycles. The van der Waals surface area contributed by atoms with Crippen LogP contribution in [0.3, 0.4) is 0 Å². The van der Waals surface area contributed by atoms with Crippen LogP contribution in [0.4, 0.5) is 0 Å². The van der Waals surface area contributed by atoms with Gasteiger partial charge in [-0.15, -0.1) is 0 Å². The molecule has 132 valence electrons. The molecule has 0 spiro atoms. The summed E-state index contributed by atoms with van der Waals surface area (Å²) in [4.78, 5) is 13.8. The van der Waals surface area contributed by atoms with Crippen molar-refractivity contribution in [3.63, 3.8) is 0 Å². The summed E-state index contributed by atoms with van der Waals surface area (Å²) in [6.07, 6.45) is 1.63. The van der Waals surface area contributed by atoms with E-state index in [4.69, 9.17) is 4.74 Å². The maximum atomic E-state index is 11.5. The van der Waals surface area contributed by atoms with Crippen molar-refractivity contribution >= 4 is 21.9 Å². The van der Waals surface area contributed by atoms with Gasteiger partial charge in [-0.05, 0) is 48.7 Å². The first-order valence-electron chi connectivity index (χ1n) is 8.45. The molecule has 1 aliphatic rings. The minimum atomic E-state index is -0.707. The molecule has 5 heteroatoms. The third-order valence-corrected chi connectivity index (χ3v) is 5.50. The summed E-state index contributed by atoms with van der Waals surface area (Å²) in [7, 11) is 1.66. The Hall–Kier alpha value is -1.85. The summed E-state index contributed by atoms with van der Waals surface area (Å²) >= 11 is 3.67. The number of carboxylic acid groups (broad SMARTS) is 1. The van der Waals surface area contributed by atoms with Gasteiger partial charge < -0.3 is 9.84 Å². The Labute approximate surface area is 156 Å². The van der Waals surface area contributed by atoms with Crippen LogP contribution in [-0.4, -0.2) is 36.2 Å². The Morgan fingerprint density at radius 2 is 2.08 bits per heavy atom. The molecule has 1 aliphatic heterocycles. The van der Waals surface area contributed by atoms with E-state index in [0.717, 1.165) is 40.7 Å². The van der Waals surface area contributed by atoms with Gasteiger partial charge in [-0.3, -0.25) is 9.69 Å². The van der Waals surface area contributed by atoms with E-state index in [1.54, 1.807) is 7.11 Å². The Morgan fingerprint density at radius 3 is 2.80 bits per heavy atom.